The molecule has 0 radical (unpaired) electrons. The molecule has 4 rings (SSSR count). The monoisotopic (exact) mass is 390 g/mol. The fourth-order valence-corrected chi connectivity index (χ4v) is 4.14. The van der Waals surface area contributed by atoms with Crippen molar-refractivity contribution in [2.45, 2.75) is 44.2 Å². The van der Waals surface area contributed by atoms with Gasteiger partial charge in [0.05, 0.1) is 0 Å². The second-order valence-electron chi connectivity index (χ2n) is 7.43. The predicted octanol–water partition coefficient (Wildman–Crippen LogP) is 4.76. The molecule has 2 heterocycles. The molecular weight excluding hydrogens is 367 g/mol. The summed E-state index contributed by atoms with van der Waals surface area (Å²) < 4.78 is 0. The van der Waals surface area contributed by atoms with Gasteiger partial charge in [-0.1, -0.05) is 29.3 Å². The summed E-state index contributed by atoms with van der Waals surface area (Å²) in [6, 6.07) is 8.26. The van der Waals surface area contributed by atoms with E-state index in [-0.39, 0.29) is 0 Å². The Hall–Kier alpha value is -1.36. The van der Waals surface area contributed by atoms with Crippen LogP contribution in [0.1, 0.15) is 43.0 Å². The Morgan fingerprint density at radius 3 is 2.81 bits per heavy atom. The van der Waals surface area contributed by atoms with Crippen molar-refractivity contribution in [2.75, 3.05) is 25.0 Å². The Morgan fingerprint density at radius 2 is 2.04 bits per heavy atom. The van der Waals surface area contributed by atoms with Gasteiger partial charge in [-0.25, -0.2) is 9.97 Å². The molecule has 1 unspecified atom stereocenters. The van der Waals surface area contributed by atoms with Gasteiger partial charge in [0.15, 0.2) is 0 Å². The minimum atomic E-state index is 0.455. The molecule has 1 aliphatic heterocycles. The number of likely N-dealkylation sites (tertiary alicyclic amines) is 1. The van der Waals surface area contributed by atoms with Crippen molar-refractivity contribution in [3.63, 3.8) is 0 Å². The van der Waals surface area contributed by atoms with Gasteiger partial charge in [0.2, 0.25) is 0 Å². The fourth-order valence-electron chi connectivity index (χ4n) is 3.67. The summed E-state index contributed by atoms with van der Waals surface area (Å²) in [6.45, 7) is 2.97. The third-order valence-electron chi connectivity index (χ3n) is 5.40. The largest absolute Gasteiger partial charge is 0.355 e. The van der Waals surface area contributed by atoms with Crippen molar-refractivity contribution in [1.29, 1.82) is 0 Å². The van der Waals surface area contributed by atoms with E-state index in [1.54, 1.807) is 0 Å². The first-order chi connectivity index (χ1) is 12.6. The Labute approximate surface area is 165 Å². The molecule has 2 aromatic rings. The van der Waals surface area contributed by atoms with E-state index in [4.69, 9.17) is 28.2 Å². The van der Waals surface area contributed by atoms with E-state index in [1.807, 2.05) is 30.5 Å². The lowest BCUT2D eigenvalue weighted by Crippen LogP contribution is -2.46. The van der Waals surface area contributed by atoms with Gasteiger partial charge in [0.1, 0.15) is 11.6 Å². The van der Waals surface area contributed by atoms with Crippen molar-refractivity contribution >= 4 is 29.0 Å². The van der Waals surface area contributed by atoms with Crippen molar-refractivity contribution in [1.82, 2.24) is 14.9 Å². The number of piperidine rings is 1. The van der Waals surface area contributed by atoms with Gasteiger partial charge in [0, 0.05) is 48.3 Å². The summed E-state index contributed by atoms with van der Waals surface area (Å²) in [7, 11) is 2.16. The van der Waals surface area contributed by atoms with Crippen molar-refractivity contribution in [3.8, 4) is 0 Å². The number of benzene rings is 1. The first kappa shape index (κ1) is 18.0. The molecule has 6 heteroatoms. The molecule has 138 valence electrons. The molecule has 1 aliphatic carbocycles. The first-order valence-corrected chi connectivity index (χ1v) is 10.1. The molecule has 26 heavy (non-hydrogen) atoms. The van der Waals surface area contributed by atoms with Crippen LogP contribution in [0.15, 0.2) is 30.5 Å². The second kappa shape index (κ2) is 7.71. The maximum atomic E-state index is 6.36. The van der Waals surface area contributed by atoms with Crippen LogP contribution in [-0.2, 0) is 6.54 Å². The third-order valence-corrected chi connectivity index (χ3v) is 5.99. The smallest absolute Gasteiger partial charge is 0.133 e. The zero-order chi connectivity index (χ0) is 18.1. The molecular formula is C20H24Cl2N4. The van der Waals surface area contributed by atoms with E-state index in [9.17, 15) is 0 Å². The zero-order valence-corrected chi connectivity index (χ0v) is 16.5. The van der Waals surface area contributed by atoms with Crippen molar-refractivity contribution in [2.24, 2.45) is 0 Å². The van der Waals surface area contributed by atoms with Crippen LogP contribution in [0, 0.1) is 0 Å². The van der Waals surface area contributed by atoms with Crippen LogP contribution in [-0.4, -0.2) is 41.0 Å². The van der Waals surface area contributed by atoms with Crippen molar-refractivity contribution in [3.05, 3.63) is 51.9 Å². The first-order valence-electron chi connectivity index (χ1n) is 9.32. The van der Waals surface area contributed by atoms with Crippen LogP contribution in [0.5, 0.6) is 0 Å². The molecule has 0 bridgehead atoms. The molecule has 1 atom stereocenters. The van der Waals surface area contributed by atoms with E-state index in [1.165, 1.54) is 25.7 Å². The topological polar surface area (TPSA) is 32.3 Å². The van der Waals surface area contributed by atoms with Gasteiger partial charge >= 0.3 is 0 Å². The molecule has 1 aromatic heterocycles. The molecule has 0 N–H and O–H groups in total. The lowest BCUT2D eigenvalue weighted by molar-refractivity contribution is 0.198. The van der Waals surface area contributed by atoms with E-state index >= 15 is 0 Å². The second-order valence-corrected chi connectivity index (χ2v) is 8.27. The molecule has 4 nitrogen and oxygen atoms in total. The van der Waals surface area contributed by atoms with Gasteiger partial charge in [-0.3, -0.25) is 4.90 Å². The normalized spacial score (nSPS) is 21.0. The number of likely N-dealkylation sites (N-methyl/N-ethyl adjacent to an activating group) is 1. The van der Waals surface area contributed by atoms with Gasteiger partial charge in [-0.05, 0) is 56.0 Å². The van der Waals surface area contributed by atoms with Crippen LogP contribution >= 0.6 is 23.2 Å². The average Bonchev–Trinajstić information content (AvgIpc) is 3.49. The van der Waals surface area contributed by atoms with Crippen LogP contribution < -0.4 is 4.90 Å². The highest BCUT2D eigenvalue weighted by molar-refractivity contribution is 6.35. The summed E-state index contributed by atoms with van der Waals surface area (Å²) in [6.07, 6.45) is 6.73. The van der Waals surface area contributed by atoms with Gasteiger partial charge < -0.3 is 4.90 Å². The Balaban J connectivity index is 1.43. The molecule has 2 aliphatic rings. The maximum Gasteiger partial charge on any atom is 0.133 e. The maximum absolute atomic E-state index is 6.36. The number of halogens is 2. The summed E-state index contributed by atoms with van der Waals surface area (Å²) >= 11 is 12.4. The number of rotatable bonds is 5. The number of nitrogens with zero attached hydrogens (tertiary/aromatic N) is 4. The molecule has 2 fully saturated rings. The number of hydrogen-bond donors (Lipinski definition) is 0. The molecule has 1 aromatic carbocycles. The predicted molar refractivity (Wildman–Crippen MR) is 107 cm³/mol. The highest BCUT2D eigenvalue weighted by Crippen LogP contribution is 2.38. The Kier molecular flexibility index (Phi) is 5.35. The molecule has 1 saturated heterocycles. The minimum Gasteiger partial charge on any atom is -0.355 e. The standard InChI is InChI=1S/C20H24Cl2N4/c1-25(19-8-9-23-20(24-19)14-4-5-14)17-3-2-10-26(13-17)12-15-6-7-16(21)11-18(15)22/h6-9,11,14,17H,2-5,10,12-13H2,1H3. The Morgan fingerprint density at radius 1 is 1.19 bits per heavy atom. The van der Waals surface area contributed by atoms with E-state index < -0.39 is 0 Å². The number of anilines is 1. The number of hydrogen-bond acceptors (Lipinski definition) is 4. The lowest BCUT2D eigenvalue weighted by Gasteiger charge is -2.38. The average molecular weight is 391 g/mol. The van der Waals surface area contributed by atoms with Crippen LogP contribution in [0.25, 0.3) is 0 Å². The molecule has 0 amide bonds. The van der Waals surface area contributed by atoms with Crippen LogP contribution in [0.4, 0.5) is 5.82 Å². The highest BCUT2D eigenvalue weighted by Gasteiger charge is 2.28. The van der Waals surface area contributed by atoms with Gasteiger partial charge in [0.25, 0.3) is 0 Å². The van der Waals surface area contributed by atoms with E-state index in [2.05, 4.69) is 21.8 Å². The van der Waals surface area contributed by atoms with Crippen molar-refractivity contribution < 1.29 is 0 Å². The molecule has 0 spiro atoms. The third kappa shape index (κ3) is 4.13. The zero-order valence-electron chi connectivity index (χ0n) is 15.0. The van der Waals surface area contributed by atoms with Gasteiger partial charge in [-0.15, -0.1) is 0 Å². The van der Waals surface area contributed by atoms with Crippen LogP contribution in [0.3, 0.4) is 0 Å². The summed E-state index contributed by atoms with van der Waals surface area (Å²) in [4.78, 5) is 14.0. The Bertz CT molecular complexity index is 778. The highest BCUT2D eigenvalue weighted by atomic mass is 35.5. The SMILES string of the molecule is CN(c1ccnc(C2CC2)n1)C1CCCN(Cc2ccc(Cl)cc2Cl)C1. The minimum absolute atomic E-state index is 0.455. The lowest BCUT2D eigenvalue weighted by atomic mass is 10.0. The van der Waals surface area contributed by atoms with E-state index in [0.29, 0.717) is 17.0 Å². The van der Waals surface area contributed by atoms with Crippen LogP contribution in [0.2, 0.25) is 10.0 Å². The number of aromatic nitrogens is 2. The van der Waals surface area contributed by atoms with Gasteiger partial charge in [-0.2, -0.15) is 0 Å². The fraction of sp³-hybridized carbons (Fsp3) is 0.500. The quantitative estimate of drug-likeness (QED) is 0.736. The summed E-state index contributed by atoms with van der Waals surface area (Å²) in [5, 5.41) is 1.43. The van der Waals surface area contributed by atoms with E-state index in [0.717, 1.165) is 41.9 Å². The molecule has 1 saturated carbocycles. The summed E-state index contributed by atoms with van der Waals surface area (Å²) in [5.74, 6) is 2.63. The summed E-state index contributed by atoms with van der Waals surface area (Å²) in [5.41, 5.74) is 1.14.